The van der Waals surface area contributed by atoms with Crippen LogP contribution in [-0.4, -0.2) is 98.4 Å². The van der Waals surface area contributed by atoms with Crippen LogP contribution in [0.1, 0.15) is 5.69 Å². The van der Waals surface area contributed by atoms with Crippen molar-refractivity contribution in [1.82, 2.24) is 15.2 Å². The summed E-state index contributed by atoms with van der Waals surface area (Å²) in [6.07, 6.45) is 5.52. The smallest absolute Gasteiger partial charge is 0.352 e. The SMILES string of the molecule is C[N+](C)(CC[n+]1ccc(S/C=C/C2=C(C(=O)O)N3C(=O)C(NC(=O)/C(=N\O)c4csc(N)n4)C3SC2)cc1)CC(N)=O. The third-order valence-electron chi connectivity index (χ3n) is 6.45. The molecule has 4 heterocycles. The van der Waals surface area contributed by atoms with Gasteiger partial charge in [-0.05, 0) is 17.1 Å². The summed E-state index contributed by atoms with van der Waals surface area (Å²) in [4.78, 5) is 55.0. The van der Waals surface area contributed by atoms with E-state index in [1.54, 1.807) is 11.5 Å². The van der Waals surface area contributed by atoms with Crippen molar-refractivity contribution >= 4 is 69.4 Å². The van der Waals surface area contributed by atoms with E-state index in [2.05, 4.69) is 15.5 Å². The van der Waals surface area contributed by atoms with E-state index < -0.39 is 34.9 Å². The number of carbonyl (C=O) groups is 4. The first-order valence-electron chi connectivity index (χ1n) is 12.5. The molecule has 0 aliphatic carbocycles. The minimum absolute atomic E-state index is 0.0603. The molecule has 222 valence electrons. The number of fused-ring (bicyclic) bond motifs is 1. The first kappa shape index (κ1) is 31.0. The Kier molecular flexibility index (Phi) is 9.55. The summed E-state index contributed by atoms with van der Waals surface area (Å²) < 4.78 is 2.48. The molecule has 0 spiro atoms. The predicted molar refractivity (Wildman–Crippen MR) is 157 cm³/mol. The molecule has 2 atom stereocenters. The number of nitrogens with zero attached hydrogens (tertiary/aromatic N) is 5. The highest BCUT2D eigenvalue weighted by molar-refractivity contribution is 8.02. The molecule has 2 aromatic rings. The number of carbonyl (C=O) groups excluding carboxylic acids is 3. The molecule has 3 amide bonds. The Morgan fingerprint density at radius 1 is 1.33 bits per heavy atom. The van der Waals surface area contributed by atoms with E-state index in [0.29, 0.717) is 22.4 Å². The van der Waals surface area contributed by atoms with Gasteiger partial charge in [0.25, 0.3) is 17.7 Å². The topological polar surface area (TPSA) is 205 Å². The lowest BCUT2D eigenvalue weighted by molar-refractivity contribution is -0.903. The van der Waals surface area contributed by atoms with Gasteiger partial charge < -0.3 is 31.6 Å². The molecule has 0 aromatic carbocycles. The van der Waals surface area contributed by atoms with Crippen LogP contribution in [0.3, 0.4) is 0 Å². The predicted octanol–water partition coefficient (Wildman–Crippen LogP) is -0.203. The highest BCUT2D eigenvalue weighted by atomic mass is 32.2. The van der Waals surface area contributed by atoms with Crippen LogP contribution < -0.4 is 21.4 Å². The number of amides is 3. The van der Waals surface area contributed by atoms with E-state index in [1.165, 1.54) is 28.9 Å². The standard InChI is InChI=1S/C25H28N8O6S3/c1-33(2,11-17(26)34)9-8-31-6-3-15(4-7-31)40-10-5-14-12-41-23-19(22(36)32(23)20(14)24(37)38)29-21(35)18(30-39)16-13-42-25(27)28-16/h3-7,10,13,19,23H,8-9,11-12H2,1-2H3,(H5-2,26,27,28,29,34,35,37,38,39)/p+2/b10-5+. The number of primary amides is 1. The highest BCUT2D eigenvalue weighted by Crippen LogP contribution is 2.41. The van der Waals surface area contributed by atoms with Gasteiger partial charge in [-0.3, -0.25) is 19.3 Å². The fourth-order valence-electron chi connectivity index (χ4n) is 4.34. The van der Waals surface area contributed by atoms with Gasteiger partial charge in [-0.15, -0.1) is 23.1 Å². The number of quaternary nitrogens is 1. The van der Waals surface area contributed by atoms with Crippen molar-refractivity contribution in [3.05, 3.63) is 58.4 Å². The molecule has 7 N–H and O–H groups in total. The number of rotatable bonds is 12. The molecule has 2 aliphatic rings. The summed E-state index contributed by atoms with van der Waals surface area (Å²) in [5, 5.41) is 27.5. The van der Waals surface area contributed by atoms with Gasteiger partial charge in [-0.2, -0.15) is 4.57 Å². The molecular weight excluding hydrogens is 605 g/mol. The van der Waals surface area contributed by atoms with Crippen molar-refractivity contribution in [2.24, 2.45) is 10.9 Å². The number of carboxylic acid groups (broad SMARTS) is 1. The van der Waals surface area contributed by atoms with Crippen molar-refractivity contribution in [1.29, 1.82) is 0 Å². The summed E-state index contributed by atoms with van der Waals surface area (Å²) in [6, 6.07) is 2.86. The number of likely N-dealkylation sites (N-methyl/N-ethyl adjacent to an activating group) is 1. The number of nitrogens with one attached hydrogen (secondary N) is 1. The molecule has 2 aromatic heterocycles. The number of nitrogen functional groups attached to an aromatic ring is 1. The Morgan fingerprint density at radius 2 is 2.05 bits per heavy atom. The Morgan fingerprint density at radius 3 is 2.64 bits per heavy atom. The van der Waals surface area contributed by atoms with Gasteiger partial charge in [-0.1, -0.05) is 16.9 Å². The zero-order valence-corrected chi connectivity index (χ0v) is 25.1. The fraction of sp³-hybridized carbons (Fsp3) is 0.320. The van der Waals surface area contributed by atoms with Gasteiger partial charge in [0.2, 0.25) is 0 Å². The number of thioether (sulfide) groups is 2. The molecule has 14 nitrogen and oxygen atoms in total. The Hall–Kier alpha value is -3.93. The molecule has 42 heavy (non-hydrogen) atoms. The summed E-state index contributed by atoms with van der Waals surface area (Å²) in [7, 11) is 3.89. The minimum atomic E-state index is -1.25. The van der Waals surface area contributed by atoms with Gasteiger partial charge in [0.1, 0.15) is 29.4 Å². The van der Waals surface area contributed by atoms with Crippen LogP contribution in [0.5, 0.6) is 0 Å². The number of allylic oxidation sites excluding steroid dienone is 1. The molecule has 1 saturated heterocycles. The zero-order chi connectivity index (χ0) is 30.6. The highest BCUT2D eigenvalue weighted by Gasteiger charge is 2.54. The van der Waals surface area contributed by atoms with Gasteiger partial charge in [0.05, 0.1) is 14.1 Å². The maximum atomic E-state index is 12.9. The van der Waals surface area contributed by atoms with Gasteiger partial charge in [0.15, 0.2) is 36.3 Å². The molecular formula is C25H30N8O6S3+2. The van der Waals surface area contributed by atoms with E-state index in [1.807, 2.05) is 43.2 Å². The number of oxime groups is 1. The number of hydrogen-bond donors (Lipinski definition) is 5. The maximum Gasteiger partial charge on any atom is 0.352 e. The maximum absolute atomic E-state index is 12.9. The average Bonchev–Trinajstić information content (AvgIpc) is 3.36. The monoisotopic (exact) mass is 634 g/mol. The number of hydrogen-bond acceptors (Lipinski definition) is 11. The number of aromatic nitrogens is 2. The number of thiazole rings is 1. The number of anilines is 1. The van der Waals surface area contributed by atoms with E-state index in [-0.39, 0.29) is 29.0 Å². The molecule has 0 radical (unpaired) electrons. The van der Waals surface area contributed by atoms with Crippen molar-refractivity contribution in [3.63, 3.8) is 0 Å². The number of carboxylic acids is 1. The van der Waals surface area contributed by atoms with Crippen LogP contribution in [0, 0.1) is 0 Å². The van der Waals surface area contributed by atoms with E-state index >= 15 is 0 Å². The fourth-order valence-corrected chi connectivity index (χ4v) is 6.88. The largest absolute Gasteiger partial charge is 0.477 e. The normalized spacial score (nSPS) is 19.0. The molecule has 2 aliphatic heterocycles. The summed E-state index contributed by atoms with van der Waals surface area (Å²) in [5.41, 5.74) is 10.9. The van der Waals surface area contributed by atoms with Crippen LogP contribution in [0.15, 0.2) is 62.7 Å². The zero-order valence-electron chi connectivity index (χ0n) is 22.7. The van der Waals surface area contributed by atoms with E-state index in [4.69, 9.17) is 11.5 Å². The van der Waals surface area contributed by atoms with Crippen LogP contribution in [-0.2, 0) is 25.7 Å². The minimum Gasteiger partial charge on any atom is -0.477 e. The second kappa shape index (κ2) is 12.9. The first-order chi connectivity index (χ1) is 19.9. The average molecular weight is 635 g/mol. The summed E-state index contributed by atoms with van der Waals surface area (Å²) in [6.45, 7) is 1.68. The van der Waals surface area contributed by atoms with Crippen molar-refractivity contribution < 1.29 is 38.5 Å². The van der Waals surface area contributed by atoms with Gasteiger partial charge >= 0.3 is 5.97 Å². The second-order valence-electron chi connectivity index (χ2n) is 10.0. The summed E-state index contributed by atoms with van der Waals surface area (Å²) >= 11 is 3.77. The van der Waals surface area contributed by atoms with Crippen LogP contribution in [0.4, 0.5) is 5.13 Å². The first-order valence-corrected chi connectivity index (χ1v) is 15.3. The van der Waals surface area contributed by atoms with Crippen LogP contribution in [0.25, 0.3) is 0 Å². The van der Waals surface area contributed by atoms with E-state index in [9.17, 15) is 29.5 Å². The molecule has 0 bridgehead atoms. The van der Waals surface area contributed by atoms with Crippen LogP contribution in [0.2, 0.25) is 0 Å². The Bertz CT molecular complexity index is 1490. The van der Waals surface area contributed by atoms with Crippen LogP contribution >= 0.6 is 34.9 Å². The van der Waals surface area contributed by atoms with Crippen molar-refractivity contribution in [2.45, 2.75) is 22.9 Å². The second-order valence-corrected chi connectivity index (χ2v) is 13.0. The third kappa shape index (κ3) is 7.10. The lowest BCUT2D eigenvalue weighted by Crippen LogP contribution is -2.71. The van der Waals surface area contributed by atoms with E-state index in [0.717, 1.165) is 27.7 Å². The Labute approximate surface area is 253 Å². The number of aliphatic carboxylic acids is 1. The lowest BCUT2D eigenvalue weighted by atomic mass is 10.0. The molecule has 1 fully saturated rings. The quantitative estimate of drug-likeness (QED) is 0.0395. The number of nitrogens with two attached hydrogens (primary N) is 2. The number of β-lactam (4-membered cyclic amide) rings is 1. The van der Waals surface area contributed by atoms with Gasteiger partial charge in [-0.25, -0.2) is 9.78 Å². The van der Waals surface area contributed by atoms with Crippen molar-refractivity contribution in [3.8, 4) is 0 Å². The molecule has 4 rings (SSSR count). The third-order valence-corrected chi connectivity index (χ3v) is 9.24. The summed E-state index contributed by atoms with van der Waals surface area (Å²) in [5.74, 6) is -2.71. The lowest BCUT2D eigenvalue weighted by Gasteiger charge is -2.49. The Balaban J connectivity index is 1.37. The van der Waals surface area contributed by atoms with Crippen molar-refractivity contribution in [2.75, 3.05) is 38.7 Å². The number of pyridine rings is 1. The molecule has 0 saturated carbocycles. The molecule has 2 unspecified atom stereocenters. The van der Waals surface area contributed by atoms with Gasteiger partial charge in [0, 0.05) is 28.2 Å². The molecule has 17 heteroatoms.